The minimum absolute atomic E-state index is 0.0662. The first-order chi connectivity index (χ1) is 19.7. The zero-order valence-electron chi connectivity index (χ0n) is 22.0. The van der Waals surface area contributed by atoms with Gasteiger partial charge in [0.25, 0.3) is 0 Å². The van der Waals surface area contributed by atoms with Crippen LogP contribution in [0.15, 0.2) is 36.4 Å². The van der Waals surface area contributed by atoms with Crippen molar-refractivity contribution in [3.05, 3.63) is 47.5 Å². The summed E-state index contributed by atoms with van der Waals surface area (Å²) in [5.41, 5.74) is 3.46. The molecule has 5 rings (SSSR count). The Balaban J connectivity index is 0.000000289. The smallest absolute Gasteiger partial charge is 0.490 e. The molecule has 42 heavy (non-hydrogen) atoms. The molecule has 2 fully saturated rings. The third-order valence-electron chi connectivity index (χ3n) is 6.42. The highest BCUT2D eigenvalue weighted by Crippen LogP contribution is 2.40. The van der Waals surface area contributed by atoms with Crippen LogP contribution in [0.4, 0.5) is 26.3 Å². The summed E-state index contributed by atoms with van der Waals surface area (Å²) in [6.45, 7) is 3.94. The molecule has 0 spiro atoms. The van der Waals surface area contributed by atoms with Crippen LogP contribution in [0, 0.1) is 0 Å². The lowest BCUT2D eigenvalue weighted by molar-refractivity contribution is -0.193. The Bertz CT molecular complexity index is 1180. The van der Waals surface area contributed by atoms with Crippen LogP contribution in [0.2, 0.25) is 0 Å². The standard InChI is InChI=1S/C23H26N2O3.2C2HF3O2/c26-23-21-13-17(27-15-5-9-24-10-6-15)1-3-19(21)20-4-2-18(14-22(20)23)28-16-7-11-25-12-8-16;2*3-2(4,5)1(6)7/h1-4,13-16,24-25H,5-12H2;2*(H,6,7). The summed E-state index contributed by atoms with van der Waals surface area (Å²) in [4.78, 5) is 30.8. The summed E-state index contributed by atoms with van der Waals surface area (Å²) in [6, 6.07) is 11.8. The number of hydrogen-bond acceptors (Lipinski definition) is 7. The van der Waals surface area contributed by atoms with Crippen molar-refractivity contribution in [1.82, 2.24) is 10.6 Å². The number of benzene rings is 2. The summed E-state index contributed by atoms with van der Waals surface area (Å²) in [7, 11) is 0. The van der Waals surface area contributed by atoms with Crippen LogP contribution in [0.5, 0.6) is 11.5 Å². The highest BCUT2D eigenvalue weighted by Gasteiger charge is 2.39. The van der Waals surface area contributed by atoms with Gasteiger partial charge in [0.2, 0.25) is 0 Å². The highest BCUT2D eigenvalue weighted by atomic mass is 19.4. The van der Waals surface area contributed by atoms with E-state index in [1.165, 1.54) is 0 Å². The van der Waals surface area contributed by atoms with Crippen LogP contribution in [0.25, 0.3) is 11.1 Å². The average molecular weight is 607 g/mol. The largest absolute Gasteiger partial charge is 0.490 e. The van der Waals surface area contributed by atoms with Gasteiger partial charge in [-0.1, -0.05) is 0 Å². The van der Waals surface area contributed by atoms with Gasteiger partial charge in [-0.3, -0.25) is 4.79 Å². The molecule has 2 heterocycles. The van der Waals surface area contributed by atoms with E-state index in [4.69, 9.17) is 29.3 Å². The SMILES string of the molecule is O=C(O)C(F)(F)F.O=C(O)C(F)(F)F.O=C1c2cc(OC3CCNCC3)ccc2-c2ccc(OC3CCNCC3)cc21. The number of carbonyl (C=O) groups excluding carboxylic acids is 1. The molecule has 15 heteroatoms. The van der Waals surface area contributed by atoms with Gasteiger partial charge in [-0.05, 0) is 99.4 Å². The summed E-state index contributed by atoms with van der Waals surface area (Å²) in [5, 5.41) is 20.9. The molecule has 0 radical (unpaired) electrons. The number of piperidine rings is 2. The second-order valence-corrected chi connectivity index (χ2v) is 9.48. The number of rotatable bonds is 4. The normalized spacial score (nSPS) is 17.0. The van der Waals surface area contributed by atoms with Gasteiger partial charge in [0, 0.05) is 11.1 Å². The van der Waals surface area contributed by atoms with Crippen molar-refractivity contribution in [2.75, 3.05) is 26.2 Å². The molecule has 9 nitrogen and oxygen atoms in total. The first-order valence-electron chi connectivity index (χ1n) is 12.8. The molecule has 0 bridgehead atoms. The minimum atomic E-state index is -5.08. The van der Waals surface area contributed by atoms with Crippen molar-refractivity contribution in [1.29, 1.82) is 0 Å². The van der Waals surface area contributed by atoms with Gasteiger partial charge in [-0.25, -0.2) is 9.59 Å². The predicted molar refractivity (Wildman–Crippen MR) is 136 cm³/mol. The van der Waals surface area contributed by atoms with Gasteiger partial charge in [0.1, 0.15) is 23.7 Å². The van der Waals surface area contributed by atoms with E-state index in [0.29, 0.717) is 0 Å². The molecule has 0 atom stereocenters. The number of ether oxygens (including phenoxy) is 2. The van der Waals surface area contributed by atoms with E-state index in [9.17, 15) is 31.1 Å². The molecule has 230 valence electrons. The van der Waals surface area contributed by atoms with Crippen LogP contribution in [0.1, 0.15) is 41.6 Å². The maximum absolute atomic E-state index is 13.0. The molecular formula is C27H28F6N2O7. The lowest BCUT2D eigenvalue weighted by atomic mass is 10.1. The Hall–Kier alpha value is -3.85. The van der Waals surface area contributed by atoms with Crippen LogP contribution < -0.4 is 20.1 Å². The second kappa shape index (κ2) is 13.9. The van der Waals surface area contributed by atoms with E-state index in [2.05, 4.69) is 10.6 Å². The van der Waals surface area contributed by atoms with Crippen molar-refractivity contribution in [3.8, 4) is 22.6 Å². The predicted octanol–water partition coefficient (Wildman–Crippen LogP) is 4.43. The molecular weight excluding hydrogens is 578 g/mol. The van der Waals surface area contributed by atoms with E-state index in [1.807, 2.05) is 36.4 Å². The molecule has 1 aliphatic carbocycles. The van der Waals surface area contributed by atoms with E-state index < -0.39 is 24.3 Å². The Morgan fingerprint density at radius 2 is 0.952 bits per heavy atom. The molecule has 2 aliphatic heterocycles. The number of carbonyl (C=O) groups is 3. The Kier molecular flexibility index (Phi) is 10.8. The number of alkyl halides is 6. The summed E-state index contributed by atoms with van der Waals surface area (Å²) < 4.78 is 75.7. The van der Waals surface area contributed by atoms with Gasteiger partial charge in [0.15, 0.2) is 5.78 Å². The fraction of sp³-hybridized carbons (Fsp3) is 0.444. The lowest BCUT2D eigenvalue weighted by Crippen LogP contribution is -2.34. The molecule has 4 N–H and O–H groups in total. The third kappa shape index (κ3) is 9.08. The molecule has 3 aliphatic rings. The van der Waals surface area contributed by atoms with Crippen LogP contribution in [-0.2, 0) is 9.59 Å². The molecule has 0 aromatic heterocycles. The van der Waals surface area contributed by atoms with E-state index in [-0.39, 0.29) is 18.0 Å². The fourth-order valence-electron chi connectivity index (χ4n) is 4.40. The highest BCUT2D eigenvalue weighted by molar-refractivity contribution is 6.22. The number of fused-ring (bicyclic) bond motifs is 3. The molecule has 0 amide bonds. The number of carboxylic acids is 2. The van der Waals surface area contributed by atoms with E-state index in [1.54, 1.807) is 0 Å². The molecule has 0 unspecified atom stereocenters. The monoisotopic (exact) mass is 606 g/mol. The molecule has 2 aromatic rings. The second-order valence-electron chi connectivity index (χ2n) is 9.48. The molecule has 2 aromatic carbocycles. The van der Waals surface area contributed by atoms with Crippen molar-refractivity contribution < 1.29 is 60.4 Å². The van der Waals surface area contributed by atoms with Gasteiger partial charge >= 0.3 is 24.3 Å². The van der Waals surface area contributed by atoms with Crippen molar-refractivity contribution in [2.45, 2.75) is 50.2 Å². The number of ketones is 1. The van der Waals surface area contributed by atoms with E-state index >= 15 is 0 Å². The molecule has 2 saturated heterocycles. The van der Waals surface area contributed by atoms with Crippen LogP contribution >= 0.6 is 0 Å². The first kappa shape index (κ1) is 32.7. The van der Waals surface area contributed by atoms with Crippen molar-refractivity contribution in [3.63, 3.8) is 0 Å². The zero-order valence-corrected chi connectivity index (χ0v) is 22.0. The average Bonchev–Trinajstić information content (AvgIpc) is 3.20. The minimum Gasteiger partial charge on any atom is -0.490 e. The van der Waals surface area contributed by atoms with Gasteiger partial charge in [0.05, 0.1) is 0 Å². The Morgan fingerprint density at radius 1 is 0.643 bits per heavy atom. The maximum Gasteiger partial charge on any atom is 0.490 e. The third-order valence-corrected chi connectivity index (χ3v) is 6.42. The quantitative estimate of drug-likeness (QED) is 0.319. The fourth-order valence-corrected chi connectivity index (χ4v) is 4.40. The molecule has 0 saturated carbocycles. The summed E-state index contributed by atoms with van der Waals surface area (Å²) >= 11 is 0. The Labute approximate surface area is 235 Å². The van der Waals surface area contributed by atoms with Gasteiger partial charge in [-0.2, -0.15) is 26.3 Å². The zero-order chi connectivity index (χ0) is 31.1. The van der Waals surface area contributed by atoms with Crippen molar-refractivity contribution >= 4 is 17.7 Å². The number of hydrogen-bond donors (Lipinski definition) is 4. The van der Waals surface area contributed by atoms with Crippen LogP contribution in [0.3, 0.4) is 0 Å². The summed E-state index contributed by atoms with van der Waals surface area (Å²) in [5.74, 6) is -3.87. The number of carboxylic acid groups (broad SMARTS) is 2. The van der Waals surface area contributed by atoms with Crippen LogP contribution in [-0.4, -0.2) is 78.7 Å². The first-order valence-corrected chi connectivity index (χ1v) is 12.8. The number of nitrogens with one attached hydrogen (secondary N) is 2. The maximum atomic E-state index is 13.0. The topological polar surface area (TPSA) is 134 Å². The summed E-state index contributed by atoms with van der Waals surface area (Å²) in [6.07, 6.45) is -5.71. The number of aliphatic carboxylic acids is 2. The van der Waals surface area contributed by atoms with Crippen molar-refractivity contribution in [2.24, 2.45) is 0 Å². The lowest BCUT2D eigenvalue weighted by Gasteiger charge is -2.24. The van der Waals surface area contributed by atoms with Gasteiger partial charge in [-0.15, -0.1) is 0 Å². The van der Waals surface area contributed by atoms with Gasteiger partial charge < -0.3 is 30.3 Å². The Morgan fingerprint density at radius 3 is 1.24 bits per heavy atom. The van der Waals surface area contributed by atoms with E-state index in [0.717, 1.165) is 85.6 Å². The number of halogens is 6.